The van der Waals surface area contributed by atoms with Crippen LogP contribution >= 0.6 is 0 Å². The highest BCUT2D eigenvalue weighted by atomic mass is 15.1. The van der Waals surface area contributed by atoms with Gasteiger partial charge < -0.3 is 4.90 Å². The zero-order valence-electron chi connectivity index (χ0n) is 7.88. The van der Waals surface area contributed by atoms with E-state index in [2.05, 4.69) is 38.6 Å². The predicted molar refractivity (Wildman–Crippen MR) is 51.7 cm³/mol. The van der Waals surface area contributed by atoms with Gasteiger partial charge in [0.15, 0.2) is 0 Å². The Morgan fingerprint density at radius 2 is 2.09 bits per heavy atom. The Labute approximate surface area is 70.4 Å². The summed E-state index contributed by atoms with van der Waals surface area (Å²) < 4.78 is 0. The highest BCUT2D eigenvalue weighted by molar-refractivity contribution is 4.98. The van der Waals surface area contributed by atoms with Gasteiger partial charge in [0.2, 0.25) is 0 Å². The summed E-state index contributed by atoms with van der Waals surface area (Å²) in [5.41, 5.74) is 0. The lowest BCUT2D eigenvalue weighted by Gasteiger charge is -2.20. The van der Waals surface area contributed by atoms with E-state index >= 15 is 0 Å². The first-order valence-corrected chi connectivity index (χ1v) is 4.16. The molecule has 11 heavy (non-hydrogen) atoms. The van der Waals surface area contributed by atoms with Crippen LogP contribution in [0.5, 0.6) is 0 Å². The number of nitrogens with zero attached hydrogens (tertiary/aromatic N) is 1. The van der Waals surface area contributed by atoms with Gasteiger partial charge in [-0.1, -0.05) is 31.7 Å². The Balaban J connectivity index is 3.68. The van der Waals surface area contributed by atoms with Gasteiger partial charge in [0.1, 0.15) is 0 Å². The van der Waals surface area contributed by atoms with Crippen molar-refractivity contribution in [3.05, 3.63) is 24.8 Å². The summed E-state index contributed by atoms with van der Waals surface area (Å²) in [7, 11) is 4.24. The zero-order valence-corrected chi connectivity index (χ0v) is 7.88. The minimum atomic E-state index is 0.672. The van der Waals surface area contributed by atoms with E-state index in [4.69, 9.17) is 0 Å². The first kappa shape index (κ1) is 10.4. The molecule has 0 heterocycles. The fourth-order valence-corrected chi connectivity index (χ4v) is 1.07. The molecule has 1 unspecified atom stereocenters. The number of rotatable bonds is 5. The predicted octanol–water partition coefficient (Wildman–Crippen LogP) is 2.46. The van der Waals surface area contributed by atoms with E-state index in [1.165, 1.54) is 6.42 Å². The monoisotopic (exact) mass is 153 g/mol. The maximum atomic E-state index is 3.63. The topological polar surface area (TPSA) is 3.24 Å². The normalized spacial score (nSPS) is 14.2. The lowest BCUT2D eigenvalue weighted by molar-refractivity contribution is 0.288. The average Bonchev–Trinajstić information content (AvgIpc) is 1.97. The van der Waals surface area contributed by atoms with Crippen LogP contribution in [-0.4, -0.2) is 25.0 Å². The van der Waals surface area contributed by atoms with Gasteiger partial charge in [0.25, 0.3) is 0 Å². The lowest BCUT2D eigenvalue weighted by atomic mass is 10.1. The second-order valence-corrected chi connectivity index (χ2v) is 2.93. The molecule has 1 atom stereocenters. The molecule has 1 heteroatoms. The fraction of sp³-hybridized carbons (Fsp3) is 0.600. The third kappa shape index (κ3) is 4.79. The first-order valence-electron chi connectivity index (χ1n) is 4.16. The van der Waals surface area contributed by atoms with Crippen molar-refractivity contribution in [3.8, 4) is 0 Å². The second-order valence-electron chi connectivity index (χ2n) is 2.93. The largest absolute Gasteiger partial charge is 0.306 e. The summed E-state index contributed by atoms with van der Waals surface area (Å²) in [5, 5.41) is 0. The molecule has 0 aromatic rings. The molecular formula is C10H19N. The molecule has 0 saturated heterocycles. The Morgan fingerprint density at radius 3 is 2.45 bits per heavy atom. The summed E-state index contributed by atoms with van der Waals surface area (Å²) >= 11 is 0. The molecule has 0 bridgehead atoms. The van der Waals surface area contributed by atoms with E-state index in [1.54, 1.807) is 0 Å². The molecule has 0 amide bonds. The molecule has 64 valence electrons. The van der Waals surface area contributed by atoms with Gasteiger partial charge in [-0.05, 0) is 26.9 Å². The third-order valence-corrected chi connectivity index (χ3v) is 1.88. The summed E-state index contributed by atoms with van der Waals surface area (Å²) in [4.78, 5) is 2.26. The Morgan fingerprint density at radius 1 is 1.45 bits per heavy atom. The van der Waals surface area contributed by atoms with Crippen LogP contribution in [-0.2, 0) is 0 Å². The maximum absolute atomic E-state index is 3.63. The van der Waals surface area contributed by atoms with Gasteiger partial charge in [-0.3, -0.25) is 0 Å². The van der Waals surface area contributed by atoms with E-state index in [9.17, 15) is 0 Å². The summed E-state index contributed by atoms with van der Waals surface area (Å²) in [6, 6.07) is 0.672. The van der Waals surface area contributed by atoms with Crippen molar-refractivity contribution in [1.82, 2.24) is 4.90 Å². The molecule has 0 aromatic heterocycles. The number of allylic oxidation sites excluding steroid dienone is 2. The van der Waals surface area contributed by atoms with Crippen LogP contribution in [0.2, 0.25) is 0 Å². The van der Waals surface area contributed by atoms with Crippen LogP contribution in [0.15, 0.2) is 24.8 Å². The van der Waals surface area contributed by atoms with Gasteiger partial charge in [-0.25, -0.2) is 0 Å². The van der Waals surface area contributed by atoms with Crippen molar-refractivity contribution >= 4 is 0 Å². The fourth-order valence-electron chi connectivity index (χ4n) is 1.07. The average molecular weight is 153 g/mol. The van der Waals surface area contributed by atoms with Crippen LogP contribution in [0.3, 0.4) is 0 Å². The van der Waals surface area contributed by atoms with Crippen LogP contribution in [0.25, 0.3) is 0 Å². The summed E-state index contributed by atoms with van der Waals surface area (Å²) in [6.45, 7) is 5.84. The molecule has 0 aliphatic carbocycles. The van der Waals surface area contributed by atoms with Gasteiger partial charge in [0.05, 0.1) is 0 Å². The Kier molecular flexibility index (Phi) is 5.86. The van der Waals surface area contributed by atoms with Crippen molar-refractivity contribution in [1.29, 1.82) is 0 Å². The van der Waals surface area contributed by atoms with E-state index < -0.39 is 0 Å². The van der Waals surface area contributed by atoms with E-state index in [-0.39, 0.29) is 0 Å². The first-order chi connectivity index (χ1) is 5.22. The molecule has 0 saturated carbocycles. The summed E-state index contributed by atoms with van der Waals surface area (Å²) in [5.74, 6) is 0. The number of hydrogen-bond acceptors (Lipinski definition) is 1. The van der Waals surface area contributed by atoms with Gasteiger partial charge in [-0.2, -0.15) is 0 Å². The van der Waals surface area contributed by atoms with E-state index in [0.717, 1.165) is 6.42 Å². The summed E-state index contributed by atoms with van der Waals surface area (Å²) in [6.07, 6.45) is 8.32. The van der Waals surface area contributed by atoms with Crippen LogP contribution in [0.4, 0.5) is 0 Å². The third-order valence-electron chi connectivity index (χ3n) is 1.88. The zero-order chi connectivity index (χ0) is 8.69. The number of hydrogen-bond donors (Lipinski definition) is 0. The molecule has 0 N–H and O–H groups in total. The van der Waals surface area contributed by atoms with Crippen LogP contribution in [0, 0.1) is 0 Å². The molecule has 0 radical (unpaired) electrons. The van der Waals surface area contributed by atoms with Crippen molar-refractivity contribution in [3.63, 3.8) is 0 Å². The van der Waals surface area contributed by atoms with E-state index in [0.29, 0.717) is 6.04 Å². The molecule has 1 nitrogen and oxygen atoms in total. The molecule has 0 aliphatic heterocycles. The van der Waals surface area contributed by atoms with Gasteiger partial charge >= 0.3 is 0 Å². The van der Waals surface area contributed by atoms with Crippen LogP contribution in [0.1, 0.15) is 19.8 Å². The minimum absolute atomic E-state index is 0.672. The molecule has 0 spiro atoms. The maximum Gasteiger partial charge on any atom is 0.0121 e. The van der Waals surface area contributed by atoms with Gasteiger partial charge in [0, 0.05) is 6.04 Å². The van der Waals surface area contributed by atoms with Gasteiger partial charge in [-0.15, -0.1) is 0 Å². The highest BCUT2D eigenvalue weighted by Crippen LogP contribution is 2.04. The van der Waals surface area contributed by atoms with Crippen LogP contribution < -0.4 is 0 Å². The Bertz CT molecular complexity index is 125. The van der Waals surface area contributed by atoms with Crippen molar-refractivity contribution in [2.45, 2.75) is 25.8 Å². The highest BCUT2D eigenvalue weighted by Gasteiger charge is 2.04. The Hall–Kier alpha value is -0.560. The SMILES string of the molecule is C=C/C=C\CC(CC)N(C)C. The smallest absolute Gasteiger partial charge is 0.0121 e. The molecule has 0 fully saturated rings. The second kappa shape index (κ2) is 6.17. The molecule has 0 aromatic carbocycles. The molecule has 0 aliphatic rings. The standard InChI is InChI=1S/C10H19N/c1-5-7-8-9-10(6-2)11(3)4/h5,7-8,10H,1,6,9H2,2-4H3/b8-7-. The minimum Gasteiger partial charge on any atom is -0.306 e. The lowest BCUT2D eigenvalue weighted by Crippen LogP contribution is -2.26. The molecular weight excluding hydrogens is 134 g/mol. The van der Waals surface area contributed by atoms with Crippen molar-refractivity contribution in [2.75, 3.05) is 14.1 Å². The molecule has 0 rings (SSSR count). The van der Waals surface area contributed by atoms with E-state index in [1.807, 2.05) is 12.2 Å². The van der Waals surface area contributed by atoms with Crippen molar-refractivity contribution in [2.24, 2.45) is 0 Å². The quantitative estimate of drug-likeness (QED) is 0.548. The van der Waals surface area contributed by atoms with Crippen molar-refractivity contribution < 1.29 is 0 Å².